The van der Waals surface area contributed by atoms with Crippen LogP contribution in [0, 0.1) is 0 Å². The van der Waals surface area contributed by atoms with Gasteiger partial charge < -0.3 is 14.5 Å². The van der Waals surface area contributed by atoms with E-state index in [4.69, 9.17) is 5.11 Å². The van der Waals surface area contributed by atoms with Crippen molar-refractivity contribution < 1.29 is 28.0 Å². The third-order valence-electron chi connectivity index (χ3n) is 3.21. The zero-order valence-electron chi connectivity index (χ0n) is 12.9. The lowest BCUT2D eigenvalue weighted by molar-refractivity contribution is -0.138. The van der Waals surface area contributed by atoms with Gasteiger partial charge in [-0.1, -0.05) is 17.3 Å². The van der Waals surface area contributed by atoms with Gasteiger partial charge >= 0.3 is 12.4 Å². The molecule has 0 aliphatic carbocycles. The van der Waals surface area contributed by atoms with E-state index in [0.29, 0.717) is 5.56 Å². The van der Waals surface area contributed by atoms with E-state index in [1.165, 1.54) is 29.2 Å². The standard InChI is InChI=1S/C15H15F2N3O4/c1-8(2)20(7-11(21)22)15(23)10-5-3-9(4-6-10)13-18-14(12(16)17)24-19-13/h3-6,8,12H,7H2,1-2H3,(H,21,22). The van der Waals surface area contributed by atoms with Crippen LogP contribution in [0.25, 0.3) is 11.4 Å². The number of benzene rings is 1. The molecule has 9 heteroatoms. The molecule has 1 aromatic carbocycles. The van der Waals surface area contributed by atoms with Crippen LogP contribution in [0.15, 0.2) is 28.8 Å². The molecule has 1 aromatic heterocycles. The van der Waals surface area contributed by atoms with E-state index in [9.17, 15) is 18.4 Å². The Bertz CT molecular complexity index is 729. The highest BCUT2D eigenvalue weighted by Gasteiger charge is 2.22. The van der Waals surface area contributed by atoms with Crippen LogP contribution in [-0.2, 0) is 4.79 Å². The number of aromatic nitrogens is 2. The van der Waals surface area contributed by atoms with Crippen LogP contribution < -0.4 is 0 Å². The number of carbonyl (C=O) groups excluding carboxylic acids is 1. The molecule has 1 N–H and O–H groups in total. The monoisotopic (exact) mass is 339 g/mol. The van der Waals surface area contributed by atoms with Gasteiger partial charge in [0, 0.05) is 17.2 Å². The molecule has 2 rings (SSSR count). The minimum Gasteiger partial charge on any atom is -0.480 e. The Morgan fingerprint density at radius 3 is 2.33 bits per heavy atom. The molecule has 0 bridgehead atoms. The molecular weight excluding hydrogens is 324 g/mol. The van der Waals surface area contributed by atoms with Crippen molar-refractivity contribution in [3.8, 4) is 11.4 Å². The van der Waals surface area contributed by atoms with E-state index in [0.717, 1.165) is 0 Å². The van der Waals surface area contributed by atoms with Crippen LogP contribution >= 0.6 is 0 Å². The minimum atomic E-state index is -2.86. The third kappa shape index (κ3) is 3.92. The summed E-state index contributed by atoms with van der Waals surface area (Å²) < 4.78 is 29.3. The van der Waals surface area contributed by atoms with Crippen molar-refractivity contribution in [3.05, 3.63) is 35.7 Å². The lowest BCUT2D eigenvalue weighted by Crippen LogP contribution is -2.40. The van der Waals surface area contributed by atoms with E-state index in [2.05, 4.69) is 14.7 Å². The SMILES string of the molecule is CC(C)N(CC(=O)O)C(=O)c1ccc(-c2noc(C(F)F)n2)cc1. The zero-order chi connectivity index (χ0) is 17.9. The van der Waals surface area contributed by atoms with Gasteiger partial charge in [0.2, 0.25) is 5.82 Å². The molecule has 0 unspecified atom stereocenters. The van der Waals surface area contributed by atoms with Crippen molar-refractivity contribution in [2.45, 2.75) is 26.3 Å². The fourth-order valence-corrected chi connectivity index (χ4v) is 2.00. The number of rotatable bonds is 6. The van der Waals surface area contributed by atoms with Crippen molar-refractivity contribution in [1.82, 2.24) is 15.0 Å². The fourth-order valence-electron chi connectivity index (χ4n) is 2.00. The highest BCUT2D eigenvalue weighted by Crippen LogP contribution is 2.22. The number of carbonyl (C=O) groups is 2. The molecular formula is C15H15F2N3O4. The Balaban J connectivity index is 2.21. The third-order valence-corrected chi connectivity index (χ3v) is 3.21. The number of alkyl halides is 2. The summed E-state index contributed by atoms with van der Waals surface area (Å²) in [6.45, 7) is 3.00. The van der Waals surface area contributed by atoms with Gasteiger partial charge in [0.1, 0.15) is 6.54 Å². The van der Waals surface area contributed by atoms with Crippen LogP contribution in [0.5, 0.6) is 0 Å². The quantitative estimate of drug-likeness (QED) is 0.869. The van der Waals surface area contributed by atoms with Gasteiger partial charge in [0.05, 0.1) is 0 Å². The number of amides is 1. The van der Waals surface area contributed by atoms with Gasteiger partial charge in [-0.05, 0) is 26.0 Å². The molecule has 1 heterocycles. The van der Waals surface area contributed by atoms with Crippen LogP contribution in [0.1, 0.15) is 36.5 Å². The van der Waals surface area contributed by atoms with Gasteiger partial charge in [-0.3, -0.25) is 9.59 Å². The molecule has 2 aromatic rings. The number of nitrogens with zero attached hydrogens (tertiary/aromatic N) is 3. The number of hydrogen-bond donors (Lipinski definition) is 1. The molecule has 7 nitrogen and oxygen atoms in total. The van der Waals surface area contributed by atoms with Gasteiger partial charge in [-0.15, -0.1) is 0 Å². The molecule has 0 fully saturated rings. The predicted molar refractivity (Wildman–Crippen MR) is 78.5 cm³/mol. The largest absolute Gasteiger partial charge is 0.480 e. The number of aliphatic carboxylic acids is 1. The summed E-state index contributed by atoms with van der Waals surface area (Å²) in [4.78, 5) is 28.0. The molecule has 1 amide bonds. The van der Waals surface area contributed by atoms with Crippen LogP contribution in [0.3, 0.4) is 0 Å². The molecule has 0 saturated carbocycles. The lowest BCUT2D eigenvalue weighted by atomic mass is 10.1. The van der Waals surface area contributed by atoms with E-state index >= 15 is 0 Å². The van der Waals surface area contributed by atoms with Crippen molar-refractivity contribution >= 4 is 11.9 Å². The number of halogens is 2. The van der Waals surface area contributed by atoms with E-state index in [1.54, 1.807) is 13.8 Å². The van der Waals surface area contributed by atoms with Crippen molar-refractivity contribution in [2.24, 2.45) is 0 Å². The molecule has 0 saturated heterocycles. The Kier molecular flexibility index (Phi) is 5.22. The maximum Gasteiger partial charge on any atom is 0.323 e. The minimum absolute atomic E-state index is 0.0180. The Hall–Kier alpha value is -2.84. The van der Waals surface area contributed by atoms with Crippen molar-refractivity contribution in [2.75, 3.05) is 6.54 Å². The lowest BCUT2D eigenvalue weighted by Gasteiger charge is -2.24. The molecule has 0 aliphatic heterocycles. The highest BCUT2D eigenvalue weighted by molar-refractivity contribution is 5.96. The summed E-state index contributed by atoms with van der Waals surface area (Å²) in [6, 6.07) is 5.57. The van der Waals surface area contributed by atoms with Gasteiger partial charge in [0.15, 0.2) is 0 Å². The summed E-state index contributed by atoms with van der Waals surface area (Å²) in [5, 5.41) is 12.3. The summed E-state index contributed by atoms with van der Waals surface area (Å²) in [7, 11) is 0. The summed E-state index contributed by atoms with van der Waals surface area (Å²) in [5.74, 6) is -2.35. The maximum absolute atomic E-state index is 12.4. The van der Waals surface area contributed by atoms with Gasteiger partial charge in [0.25, 0.3) is 11.8 Å². The van der Waals surface area contributed by atoms with Crippen LogP contribution in [0.2, 0.25) is 0 Å². The second kappa shape index (κ2) is 7.16. The van der Waals surface area contributed by atoms with Crippen molar-refractivity contribution in [3.63, 3.8) is 0 Å². The first-order chi connectivity index (χ1) is 11.3. The topological polar surface area (TPSA) is 96.5 Å². The molecule has 0 radical (unpaired) electrons. The first-order valence-electron chi connectivity index (χ1n) is 7.04. The highest BCUT2D eigenvalue weighted by atomic mass is 19.3. The summed E-state index contributed by atoms with van der Waals surface area (Å²) in [6.07, 6.45) is -2.86. The summed E-state index contributed by atoms with van der Waals surface area (Å²) in [5.41, 5.74) is 0.669. The van der Waals surface area contributed by atoms with Crippen LogP contribution in [0.4, 0.5) is 8.78 Å². The predicted octanol–water partition coefficient (Wildman–Crippen LogP) is 2.61. The fraction of sp³-hybridized carbons (Fsp3) is 0.333. The maximum atomic E-state index is 12.4. The second-order valence-corrected chi connectivity index (χ2v) is 5.25. The normalized spacial score (nSPS) is 11.1. The Labute approximate surface area is 135 Å². The average Bonchev–Trinajstić information content (AvgIpc) is 3.02. The molecule has 0 aliphatic rings. The number of carboxylic acids is 1. The summed E-state index contributed by atoms with van der Waals surface area (Å²) >= 11 is 0. The average molecular weight is 339 g/mol. The zero-order valence-corrected chi connectivity index (χ0v) is 12.9. The van der Waals surface area contributed by atoms with Crippen LogP contribution in [-0.4, -0.2) is 44.6 Å². The Morgan fingerprint density at radius 1 is 1.25 bits per heavy atom. The molecule has 128 valence electrons. The Morgan fingerprint density at radius 2 is 1.88 bits per heavy atom. The van der Waals surface area contributed by atoms with E-state index < -0.39 is 30.7 Å². The first-order valence-corrected chi connectivity index (χ1v) is 7.04. The number of carboxylic acid groups (broad SMARTS) is 1. The van der Waals surface area contributed by atoms with Crippen molar-refractivity contribution in [1.29, 1.82) is 0 Å². The molecule has 0 spiro atoms. The molecule has 24 heavy (non-hydrogen) atoms. The smallest absolute Gasteiger partial charge is 0.323 e. The second-order valence-electron chi connectivity index (χ2n) is 5.25. The first kappa shape index (κ1) is 17.5. The molecule has 0 atom stereocenters. The van der Waals surface area contributed by atoms with Gasteiger partial charge in [-0.2, -0.15) is 13.8 Å². The van der Waals surface area contributed by atoms with Gasteiger partial charge in [-0.25, -0.2) is 0 Å². The van der Waals surface area contributed by atoms with E-state index in [-0.39, 0.29) is 17.4 Å². The van der Waals surface area contributed by atoms with E-state index in [1.807, 2.05) is 0 Å². The number of hydrogen-bond acceptors (Lipinski definition) is 5.